The molecule has 112 valence electrons. The second-order valence-corrected chi connectivity index (χ2v) is 7.22. The topological polar surface area (TPSA) is 24.9 Å². The van der Waals surface area contributed by atoms with Crippen LogP contribution in [0, 0.1) is 11.3 Å². The third-order valence-corrected chi connectivity index (χ3v) is 5.20. The summed E-state index contributed by atoms with van der Waals surface area (Å²) in [4.78, 5) is 4.47. The third-order valence-electron chi connectivity index (χ3n) is 5.20. The van der Waals surface area contributed by atoms with Gasteiger partial charge in [-0.05, 0) is 55.0 Å². The van der Waals surface area contributed by atoms with E-state index in [4.69, 9.17) is 0 Å². The summed E-state index contributed by atoms with van der Waals surface area (Å²) in [6.45, 7) is 4.80. The summed E-state index contributed by atoms with van der Waals surface area (Å²) in [5.74, 6) is 0.718. The van der Waals surface area contributed by atoms with Gasteiger partial charge >= 0.3 is 0 Å². The number of benzene rings is 1. The molecule has 1 heterocycles. The van der Waals surface area contributed by atoms with Crippen LogP contribution in [0.25, 0.3) is 10.8 Å². The average Bonchev–Trinajstić information content (AvgIpc) is 2.50. The van der Waals surface area contributed by atoms with E-state index in [0.717, 1.165) is 5.92 Å². The smallest absolute Gasteiger partial charge is 0.0367 e. The predicted octanol–water partition coefficient (Wildman–Crippen LogP) is 4.71. The lowest BCUT2D eigenvalue weighted by Crippen LogP contribution is -2.31. The third kappa shape index (κ3) is 2.96. The van der Waals surface area contributed by atoms with Crippen molar-refractivity contribution in [3.05, 3.63) is 42.2 Å². The first-order valence-electron chi connectivity index (χ1n) is 8.11. The Bertz CT molecular complexity index is 602. The van der Waals surface area contributed by atoms with E-state index in [0.29, 0.717) is 11.5 Å². The highest BCUT2D eigenvalue weighted by atomic mass is 14.9. The summed E-state index contributed by atoms with van der Waals surface area (Å²) in [6, 6.07) is 9.01. The average molecular weight is 282 g/mol. The van der Waals surface area contributed by atoms with E-state index in [1.54, 1.807) is 0 Å². The molecule has 1 aromatic heterocycles. The number of fused-ring (bicyclic) bond motifs is 1. The zero-order valence-electron chi connectivity index (χ0n) is 13.4. The van der Waals surface area contributed by atoms with Crippen molar-refractivity contribution in [1.82, 2.24) is 10.3 Å². The molecule has 0 aliphatic heterocycles. The molecule has 0 saturated heterocycles. The van der Waals surface area contributed by atoms with E-state index in [-0.39, 0.29) is 0 Å². The van der Waals surface area contributed by atoms with Crippen molar-refractivity contribution in [3.8, 4) is 0 Å². The van der Waals surface area contributed by atoms with Crippen molar-refractivity contribution in [2.24, 2.45) is 11.3 Å². The van der Waals surface area contributed by atoms with Gasteiger partial charge < -0.3 is 5.32 Å². The minimum absolute atomic E-state index is 0.416. The van der Waals surface area contributed by atoms with Gasteiger partial charge in [0.2, 0.25) is 0 Å². The van der Waals surface area contributed by atoms with Gasteiger partial charge in [0.05, 0.1) is 0 Å². The molecule has 1 fully saturated rings. The van der Waals surface area contributed by atoms with E-state index in [9.17, 15) is 0 Å². The highest BCUT2D eigenvalue weighted by Crippen LogP contribution is 2.43. The monoisotopic (exact) mass is 282 g/mol. The summed E-state index contributed by atoms with van der Waals surface area (Å²) in [7, 11) is 2.09. The molecule has 1 aromatic carbocycles. The second-order valence-electron chi connectivity index (χ2n) is 7.22. The van der Waals surface area contributed by atoms with E-state index in [1.165, 1.54) is 42.0 Å². The summed E-state index contributed by atoms with van der Waals surface area (Å²) in [5.41, 5.74) is 1.88. The van der Waals surface area contributed by atoms with E-state index in [2.05, 4.69) is 61.7 Å². The number of pyridine rings is 1. The largest absolute Gasteiger partial charge is 0.313 e. The van der Waals surface area contributed by atoms with Crippen molar-refractivity contribution < 1.29 is 0 Å². The predicted molar refractivity (Wildman–Crippen MR) is 89.3 cm³/mol. The van der Waals surface area contributed by atoms with Crippen LogP contribution in [-0.4, -0.2) is 12.0 Å². The van der Waals surface area contributed by atoms with Crippen molar-refractivity contribution in [3.63, 3.8) is 0 Å². The van der Waals surface area contributed by atoms with Gasteiger partial charge in [0, 0.05) is 23.8 Å². The van der Waals surface area contributed by atoms with Crippen molar-refractivity contribution in [2.45, 2.75) is 45.6 Å². The molecular formula is C19H26N2. The maximum absolute atomic E-state index is 4.47. The lowest BCUT2D eigenvalue weighted by molar-refractivity contribution is 0.164. The van der Waals surface area contributed by atoms with Crippen LogP contribution in [0.15, 0.2) is 36.7 Å². The van der Waals surface area contributed by atoms with Crippen LogP contribution in [-0.2, 0) is 0 Å². The Morgan fingerprint density at radius 2 is 1.86 bits per heavy atom. The van der Waals surface area contributed by atoms with Crippen molar-refractivity contribution in [1.29, 1.82) is 0 Å². The Morgan fingerprint density at radius 1 is 1.14 bits per heavy atom. The van der Waals surface area contributed by atoms with Gasteiger partial charge in [-0.2, -0.15) is 0 Å². The molecular weight excluding hydrogens is 256 g/mol. The molecule has 0 radical (unpaired) electrons. The van der Waals surface area contributed by atoms with Gasteiger partial charge in [0.15, 0.2) is 0 Å². The lowest BCUT2D eigenvalue weighted by Gasteiger charge is -2.38. The molecule has 2 nitrogen and oxygen atoms in total. The highest BCUT2D eigenvalue weighted by molar-refractivity contribution is 5.85. The molecule has 21 heavy (non-hydrogen) atoms. The van der Waals surface area contributed by atoms with Crippen LogP contribution in [0.4, 0.5) is 0 Å². The molecule has 1 N–H and O–H groups in total. The Labute approximate surface area is 128 Å². The number of hydrogen-bond acceptors (Lipinski definition) is 2. The van der Waals surface area contributed by atoms with Crippen LogP contribution in [0.1, 0.15) is 51.1 Å². The molecule has 3 rings (SSSR count). The van der Waals surface area contributed by atoms with E-state index < -0.39 is 0 Å². The maximum Gasteiger partial charge on any atom is 0.0367 e. The molecule has 0 spiro atoms. The molecule has 1 aliphatic carbocycles. The van der Waals surface area contributed by atoms with Gasteiger partial charge in [0.1, 0.15) is 0 Å². The normalized spacial score (nSPS) is 20.5. The maximum atomic E-state index is 4.47. The van der Waals surface area contributed by atoms with Gasteiger partial charge in [-0.25, -0.2) is 0 Å². The molecule has 1 unspecified atom stereocenters. The van der Waals surface area contributed by atoms with Gasteiger partial charge in [-0.15, -0.1) is 0 Å². The summed E-state index contributed by atoms with van der Waals surface area (Å²) in [5, 5.41) is 6.15. The number of rotatable bonds is 3. The van der Waals surface area contributed by atoms with Gasteiger partial charge in [-0.1, -0.05) is 38.1 Å². The first-order chi connectivity index (χ1) is 10.1. The van der Waals surface area contributed by atoms with Crippen LogP contribution >= 0.6 is 0 Å². The Balaban J connectivity index is 1.92. The summed E-state index contributed by atoms with van der Waals surface area (Å²) >= 11 is 0. The molecule has 2 aromatic rings. The Kier molecular flexibility index (Phi) is 3.99. The number of aromatic nitrogens is 1. The quantitative estimate of drug-likeness (QED) is 0.881. The SMILES string of the molecule is CNC(c1cncc2ccccc12)C1CCC(C)(C)CC1. The first-order valence-corrected chi connectivity index (χ1v) is 8.11. The summed E-state index contributed by atoms with van der Waals surface area (Å²) in [6.07, 6.45) is 9.30. The van der Waals surface area contributed by atoms with Gasteiger partial charge in [-0.3, -0.25) is 4.98 Å². The Hall–Kier alpha value is -1.41. The number of nitrogens with zero attached hydrogens (tertiary/aromatic N) is 1. The Morgan fingerprint density at radius 3 is 2.57 bits per heavy atom. The molecule has 1 atom stereocenters. The van der Waals surface area contributed by atoms with Crippen LogP contribution in [0.2, 0.25) is 0 Å². The fourth-order valence-electron chi connectivity index (χ4n) is 3.79. The van der Waals surface area contributed by atoms with Crippen molar-refractivity contribution >= 4 is 10.8 Å². The highest BCUT2D eigenvalue weighted by Gasteiger charge is 2.32. The molecule has 0 bridgehead atoms. The van der Waals surface area contributed by atoms with E-state index in [1.807, 2.05) is 6.20 Å². The van der Waals surface area contributed by atoms with Crippen LogP contribution in [0.3, 0.4) is 0 Å². The first kappa shape index (κ1) is 14.5. The minimum atomic E-state index is 0.416. The lowest BCUT2D eigenvalue weighted by atomic mass is 9.70. The van der Waals surface area contributed by atoms with Crippen LogP contribution < -0.4 is 5.32 Å². The molecule has 2 heteroatoms. The molecule has 1 saturated carbocycles. The summed E-state index contributed by atoms with van der Waals surface area (Å²) < 4.78 is 0. The zero-order chi connectivity index (χ0) is 14.9. The van der Waals surface area contributed by atoms with Crippen LogP contribution in [0.5, 0.6) is 0 Å². The number of nitrogens with one attached hydrogen (secondary N) is 1. The standard InChI is InChI=1S/C19H26N2/c1-19(2)10-8-14(9-11-19)18(20-3)17-13-21-12-15-6-4-5-7-16(15)17/h4-7,12-14,18,20H,8-11H2,1-3H3. The second kappa shape index (κ2) is 5.76. The zero-order valence-corrected chi connectivity index (χ0v) is 13.4. The minimum Gasteiger partial charge on any atom is -0.313 e. The fraction of sp³-hybridized carbons (Fsp3) is 0.526. The fourth-order valence-corrected chi connectivity index (χ4v) is 3.79. The van der Waals surface area contributed by atoms with Gasteiger partial charge in [0.25, 0.3) is 0 Å². The number of hydrogen-bond donors (Lipinski definition) is 1. The van der Waals surface area contributed by atoms with E-state index >= 15 is 0 Å². The molecule has 1 aliphatic rings. The molecule has 0 amide bonds. The van der Waals surface area contributed by atoms with Crippen molar-refractivity contribution in [2.75, 3.05) is 7.05 Å².